The molecule has 0 fully saturated rings. The molecule has 1 nitrogen and oxygen atoms in total. The van der Waals surface area contributed by atoms with E-state index in [4.69, 9.17) is 0 Å². The summed E-state index contributed by atoms with van der Waals surface area (Å²) in [4.78, 5) is 11.0. The minimum atomic E-state index is 0.0289. The molecule has 1 atom stereocenters. The van der Waals surface area contributed by atoms with E-state index in [0.29, 0.717) is 0 Å². The number of ketones is 1. The molecule has 0 aliphatic heterocycles. The molecule has 0 radical (unpaired) electrons. The molecule has 52 valence electrons. The van der Waals surface area contributed by atoms with Gasteiger partial charge in [-0.05, 0) is 6.08 Å². The van der Waals surface area contributed by atoms with Gasteiger partial charge in [-0.1, -0.05) is 37.3 Å². The zero-order valence-corrected chi connectivity index (χ0v) is 5.95. The van der Waals surface area contributed by atoms with Gasteiger partial charge >= 0.3 is 0 Å². The maximum absolute atomic E-state index is 11.0. The smallest absolute Gasteiger partial charge is 0.162 e. The van der Waals surface area contributed by atoms with E-state index in [0.717, 1.165) is 0 Å². The highest BCUT2D eigenvalue weighted by atomic mass is 16.1. The standard InChI is InChI=1S/C9H10O/c1-8-6-4-2-3-5-7-9(8)10/h2-8H,1H3/b3-2-,6-4-,7-5-. The number of hydrogen-bond acceptors (Lipinski definition) is 1. The van der Waals surface area contributed by atoms with Gasteiger partial charge in [0.25, 0.3) is 0 Å². The SMILES string of the molecule is CC1\C=C/C=C\C=C/C1=O. The maximum atomic E-state index is 11.0. The molecule has 1 aliphatic rings. The number of hydrogen-bond donors (Lipinski definition) is 0. The fraction of sp³-hybridized carbons (Fsp3) is 0.222. The Balaban J connectivity index is 2.81. The van der Waals surface area contributed by atoms with Gasteiger partial charge in [-0.2, -0.15) is 0 Å². The summed E-state index contributed by atoms with van der Waals surface area (Å²) in [6, 6.07) is 0. The average molecular weight is 134 g/mol. The predicted octanol–water partition coefficient (Wildman–Crippen LogP) is 1.87. The zero-order valence-electron chi connectivity index (χ0n) is 5.95. The minimum Gasteiger partial charge on any atom is -0.294 e. The van der Waals surface area contributed by atoms with E-state index < -0.39 is 0 Å². The van der Waals surface area contributed by atoms with E-state index in [9.17, 15) is 4.79 Å². The van der Waals surface area contributed by atoms with E-state index in [2.05, 4.69) is 0 Å². The van der Waals surface area contributed by atoms with Crippen molar-refractivity contribution in [3.05, 3.63) is 36.5 Å². The normalized spacial score (nSPS) is 34.1. The molecule has 0 amide bonds. The van der Waals surface area contributed by atoms with Crippen LogP contribution in [0.4, 0.5) is 0 Å². The maximum Gasteiger partial charge on any atom is 0.162 e. The van der Waals surface area contributed by atoms with Crippen LogP contribution in [-0.2, 0) is 4.79 Å². The van der Waals surface area contributed by atoms with Crippen LogP contribution in [0.1, 0.15) is 6.92 Å². The Bertz CT molecular complexity index is 209. The molecule has 0 aromatic heterocycles. The number of rotatable bonds is 0. The van der Waals surface area contributed by atoms with Crippen LogP contribution in [0.2, 0.25) is 0 Å². The highest BCUT2D eigenvalue weighted by Crippen LogP contribution is 2.02. The quantitative estimate of drug-likeness (QED) is 0.494. The van der Waals surface area contributed by atoms with Crippen molar-refractivity contribution in [2.75, 3.05) is 0 Å². The van der Waals surface area contributed by atoms with Crippen molar-refractivity contribution in [2.45, 2.75) is 6.92 Å². The van der Waals surface area contributed by atoms with Crippen LogP contribution < -0.4 is 0 Å². The Morgan fingerprint density at radius 2 is 1.90 bits per heavy atom. The van der Waals surface area contributed by atoms with E-state index in [1.165, 1.54) is 0 Å². The van der Waals surface area contributed by atoms with Crippen molar-refractivity contribution in [2.24, 2.45) is 5.92 Å². The molecular weight excluding hydrogens is 124 g/mol. The molecule has 1 heteroatoms. The van der Waals surface area contributed by atoms with Crippen molar-refractivity contribution in [1.29, 1.82) is 0 Å². The number of carbonyl (C=O) groups is 1. The van der Waals surface area contributed by atoms with Gasteiger partial charge in [-0.3, -0.25) is 4.79 Å². The molecule has 1 aliphatic carbocycles. The van der Waals surface area contributed by atoms with Crippen molar-refractivity contribution >= 4 is 5.78 Å². The molecule has 0 saturated carbocycles. The van der Waals surface area contributed by atoms with Crippen LogP contribution in [0.15, 0.2) is 36.5 Å². The zero-order chi connectivity index (χ0) is 7.40. The van der Waals surface area contributed by atoms with Gasteiger partial charge in [0, 0.05) is 5.92 Å². The third-order valence-corrected chi connectivity index (χ3v) is 1.44. The number of allylic oxidation sites excluding steroid dienone is 6. The third kappa shape index (κ3) is 1.69. The van der Waals surface area contributed by atoms with E-state index in [1.807, 2.05) is 31.2 Å². The highest BCUT2D eigenvalue weighted by Gasteiger charge is 2.04. The first-order chi connectivity index (χ1) is 4.80. The summed E-state index contributed by atoms with van der Waals surface area (Å²) in [6.45, 7) is 1.89. The van der Waals surface area contributed by atoms with Crippen LogP contribution >= 0.6 is 0 Å². The van der Waals surface area contributed by atoms with E-state index in [-0.39, 0.29) is 11.7 Å². The van der Waals surface area contributed by atoms with Crippen LogP contribution in [0.5, 0.6) is 0 Å². The van der Waals surface area contributed by atoms with Gasteiger partial charge < -0.3 is 0 Å². The Kier molecular flexibility index (Phi) is 2.21. The van der Waals surface area contributed by atoms with Gasteiger partial charge in [0.05, 0.1) is 0 Å². The molecule has 0 aromatic carbocycles. The first-order valence-electron chi connectivity index (χ1n) is 3.36. The molecule has 0 saturated heterocycles. The molecular formula is C9H10O. The molecule has 1 unspecified atom stereocenters. The van der Waals surface area contributed by atoms with Crippen molar-refractivity contribution in [3.8, 4) is 0 Å². The van der Waals surface area contributed by atoms with Gasteiger partial charge in [0.1, 0.15) is 0 Å². The van der Waals surface area contributed by atoms with E-state index >= 15 is 0 Å². The largest absolute Gasteiger partial charge is 0.294 e. The Morgan fingerprint density at radius 1 is 1.20 bits per heavy atom. The van der Waals surface area contributed by atoms with Crippen LogP contribution in [-0.4, -0.2) is 5.78 Å². The van der Waals surface area contributed by atoms with Gasteiger partial charge in [0.2, 0.25) is 0 Å². The van der Waals surface area contributed by atoms with Crippen molar-refractivity contribution in [3.63, 3.8) is 0 Å². The molecule has 0 N–H and O–H groups in total. The lowest BCUT2D eigenvalue weighted by atomic mass is 10.0. The molecule has 0 heterocycles. The van der Waals surface area contributed by atoms with Crippen molar-refractivity contribution in [1.82, 2.24) is 0 Å². The second kappa shape index (κ2) is 3.16. The lowest BCUT2D eigenvalue weighted by Gasteiger charge is -1.99. The van der Waals surface area contributed by atoms with Gasteiger partial charge in [-0.15, -0.1) is 0 Å². The summed E-state index contributed by atoms with van der Waals surface area (Å²) < 4.78 is 0. The summed E-state index contributed by atoms with van der Waals surface area (Å²) in [7, 11) is 0. The van der Waals surface area contributed by atoms with Gasteiger partial charge in [-0.25, -0.2) is 0 Å². The summed E-state index contributed by atoms with van der Waals surface area (Å²) in [5, 5.41) is 0. The van der Waals surface area contributed by atoms with Crippen LogP contribution in [0, 0.1) is 5.92 Å². The monoisotopic (exact) mass is 134 g/mol. The predicted molar refractivity (Wildman–Crippen MR) is 41.6 cm³/mol. The van der Waals surface area contributed by atoms with Crippen LogP contribution in [0.25, 0.3) is 0 Å². The second-order valence-electron chi connectivity index (χ2n) is 2.32. The second-order valence-corrected chi connectivity index (χ2v) is 2.32. The minimum absolute atomic E-state index is 0.0289. The molecule has 0 bridgehead atoms. The molecule has 1 rings (SSSR count). The Morgan fingerprint density at radius 3 is 2.70 bits per heavy atom. The van der Waals surface area contributed by atoms with E-state index in [1.54, 1.807) is 12.2 Å². The number of carbonyl (C=O) groups excluding carboxylic acids is 1. The average Bonchev–Trinajstić information content (AvgIpc) is 1.92. The topological polar surface area (TPSA) is 17.1 Å². The van der Waals surface area contributed by atoms with Gasteiger partial charge in [0.15, 0.2) is 5.78 Å². The molecule has 0 aromatic rings. The summed E-state index contributed by atoms with van der Waals surface area (Å²) >= 11 is 0. The first-order valence-corrected chi connectivity index (χ1v) is 3.36. The lowest BCUT2D eigenvalue weighted by molar-refractivity contribution is -0.116. The fourth-order valence-electron chi connectivity index (χ4n) is 0.756. The highest BCUT2D eigenvalue weighted by molar-refractivity contribution is 5.93. The lowest BCUT2D eigenvalue weighted by Crippen LogP contribution is -2.04. The summed E-state index contributed by atoms with van der Waals surface area (Å²) in [6.07, 6.45) is 10.9. The molecule has 0 spiro atoms. The fourth-order valence-corrected chi connectivity index (χ4v) is 0.756. The Labute approximate surface area is 60.7 Å². The summed E-state index contributed by atoms with van der Waals surface area (Å²) in [5.74, 6) is 0.196. The first kappa shape index (κ1) is 7.00. The van der Waals surface area contributed by atoms with Crippen LogP contribution in [0.3, 0.4) is 0 Å². The van der Waals surface area contributed by atoms with Crippen molar-refractivity contribution < 1.29 is 4.79 Å². The Hall–Kier alpha value is -1.11. The molecule has 10 heavy (non-hydrogen) atoms. The third-order valence-electron chi connectivity index (χ3n) is 1.44. The summed E-state index contributed by atoms with van der Waals surface area (Å²) in [5.41, 5.74) is 0.